The first-order valence-corrected chi connectivity index (χ1v) is 6.08. The lowest BCUT2D eigenvalue weighted by atomic mass is 9.98. The number of nitrogens with zero attached hydrogens (tertiary/aromatic N) is 1. The fraction of sp³-hybridized carbons (Fsp3) is 0.214. The Balaban J connectivity index is 2.49. The Hall–Kier alpha value is -1.99. The van der Waals surface area contributed by atoms with E-state index >= 15 is 0 Å². The lowest BCUT2D eigenvalue weighted by Gasteiger charge is -2.19. The van der Waals surface area contributed by atoms with Crippen LogP contribution >= 0.6 is 0 Å². The van der Waals surface area contributed by atoms with Gasteiger partial charge in [-0.2, -0.15) is 13.2 Å². The Morgan fingerprint density at radius 3 is 2.43 bits per heavy atom. The molecule has 1 atom stereocenters. The molecule has 0 saturated carbocycles. The van der Waals surface area contributed by atoms with Gasteiger partial charge in [0.2, 0.25) is 0 Å². The van der Waals surface area contributed by atoms with Crippen molar-refractivity contribution in [3.05, 3.63) is 64.7 Å². The molecule has 0 radical (unpaired) electrons. The number of alkyl halides is 3. The Kier molecular flexibility index (Phi) is 4.24. The van der Waals surface area contributed by atoms with Crippen molar-refractivity contribution >= 4 is 0 Å². The zero-order valence-corrected chi connectivity index (χ0v) is 11.1. The minimum absolute atomic E-state index is 0.182. The van der Waals surface area contributed by atoms with E-state index in [1.165, 1.54) is 6.20 Å². The van der Waals surface area contributed by atoms with Crippen LogP contribution in [0, 0.1) is 12.7 Å². The molecule has 112 valence electrons. The van der Waals surface area contributed by atoms with E-state index in [0.717, 1.165) is 17.8 Å². The first kappa shape index (κ1) is 15.4. The average Bonchev–Trinajstić information content (AvgIpc) is 2.42. The van der Waals surface area contributed by atoms with Gasteiger partial charge in [-0.3, -0.25) is 10.8 Å². The van der Waals surface area contributed by atoms with E-state index in [-0.39, 0.29) is 5.56 Å². The molecule has 2 rings (SSSR count). The Morgan fingerprint density at radius 1 is 1.19 bits per heavy atom. The molecule has 0 aliphatic carbocycles. The summed E-state index contributed by atoms with van der Waals surface area (Å²) < 4.78 is 52.1. The van der Waals surface area contributed by atoms with Crippen LogP contribution in [0.5, 0.6) is 0 Å². The van der Waals surface area contributed by atoms with Gasteiger partial charge < -0.3 is 0 Å². The van der Waals surface area contributed by atoms with Crippen LogP contribution in [-0.2, 0) is 6.18 Å². The van der Waals surface area contributed by atoms with E-state index < -0.39 is 23.6 Å². The third-order valence-electron chi connectivity index (χ3n) is 3.07. The van der Waals surface area contributed by atoms with Gasteiger partial charge in [0.05, 0.1) is 11.6 Å². The van der Waals surface area contributed by atoms with Crippen molar-refractivity contribution in [2.45, 2.75) is 19.1 Å². The van der Waals surface area contributed by atoms with Crippen LogP contribution in [-0.4, -0.2) is 4.98 Å². The molecule has 0 saturated heterocycles. The molecule has 0 aliphatic rings. The number of aromatic nitrogens is 1. The van der Waals surface area contributed by atoms with Crippen molar-refractivity contribution in [3.8, 4) is 0 Å². The predicted molar refractivity (Wildman–Crippen MR) is 69.5 cm³/mol. The Bertz CT molecular complexity index is 623. The molecule has 1 unspecified atom stereocenters. The summed E-state index contributed by atoms with van der Waals surface area (Å²) in [5.41, 5.74) is 2.42. The molecular formula is C14H13F4N3. The summed E-state index contributed by atoms with van der Waals surface area (Å²) in [6.45, 7) is 1.76. The zero-order chi connectivity index (χ0) is 15.6. The van der Waals surface area contributed by atoms with Gasteiger partial charge in [-0.05, 0) is 36.8 Å². The monoisotopic (exact) mass is 299 g/mol. The Labute approximate surface area is 118 Å². The summed E-state index contributed by atoms with van der Waals surface area (Å²) in [6, 6.07) is 4.61. The number of rotatable bonds is 3. The first-order valence-electron chi connectivity index (χ1n) is 6.08. The number of hydrogen-bond acceptors (Lipinski definition) is 3. The van der Waals surface area contributed by atoms with Crippen LogP contribution in [0.25, 0.3) is 0 Å². The van der Waals surface area contributed by atoms with Crippen molar-refractivity contribution < 1.29 is 17.6 Å². The van der Waals surface area contributed by atoms with Gasteiger partial charge in [-0.15, -0.1) is 0 Å². The molecule has 7 heteroatoms. The van der Waals surface area contributed by atoms with Crippen LogP contribution < -0.4 is 11.3 Å². The number of nitrogens with one attached hydrogen (secondary N) is 1. The van der Waals surface area contributed by atoms with Gasteiger partial charge in [0.25, 0.3) is 0 Å². The van der Waals surface area contributed by atoms with E-state index in [4.69, 9.17) is 5.84 Å². The third kappa shape index (κ3) is 3.37. The van der Waals surface area contributed by atoms with E-state index in [1.807, 2.05) is 0 Å². The van der Waals surface area contributed by atoms with Crippen molar-refractivity contribution in [1.82, 2.24) is 10.4 Å². The van der Waals surface area contributed by atoms with Crippen LogP contribution in [0.4, 0.5) is 17.6 Å². The minimum Gasteiger partial charge on any atom is -0.271 e. The highest BCUT2D eigenvalue weighted by atomic mass is 19.4. The minimum atomic E-state index is -4.55. The van der Waals surface area contributed by atoms with Gasteiger partial charge in [0.1, 0.15) is 5.82 Å². The number of pyridine rings is 1. The normalized spacial score (nSPS) is 13.2. The van der Waals surface area contributed by atoms with E-state index in [1.54, 1.807) is 19.1 Å². The molecule has 0 amide bonds. The highest BCUT2D eigenvalue weighted by Crippen LogP contribution is 2.33. The fourth-order valence-electron chi connectivity index (χ4n) is 1.96. The number of benzene rings is 1. The maximum absolute atomic E-state index is 13.9. The molecule has 0 fully saturated rings. The van der Waals surface area contributed by atoms with E-state index in [2.05, 4.69) is 10.4 Å². The number of halogens is 4. The quantitative estimate of drug-likeness (QED) is 0.520. The summed E-state index contributed by atoms with van der Waals surface area (Å²) in [4.78, 5) is 4.03. The molecule has 1 heterocycles. The molecule has 3 N–H and O–H groups in total. The first-order chi connectivity index (χ1) is 9.82. The highest BCUT2D eigenvalue weighted by molar-refractivity contribution is 5.35. The Morgan fingerprint density at radius 2 is 1.90 bits per heavy atom. The van der Waals surface area contributed by atoms with Gasteiger partial charge in [0.15, 0.2) is 0 Å². The molecule has 2 aromatic rings. The lowest BCUT2D eigenvalue weighted by molar-refractivity contribution is -0.137. The summed E-state index contributed by atoms with van der Waals surface area (Å²) in [7, 11) is 0. The standard InChI is InChI=1S/C14H13F4N3/c1-8-2-3-9(7-20-8)13(21-19)11-6-10(14(16,17)18)4-5-12(11)15/h2-7,13,21H,19H2,1H3. The smallest absolute Gasteiger partial charge is 0.271 e. The average molecular weight is 299 g/mol. The van der Waals surface area contributed by atoms with E-state index in [9.17, 15) is 17.6 Å². The molecule has 1 aromatic heterocycles. The van der Waals surface area contributed by atoms with Crippen molar-refractivity contribution in [2.75, 3.05) is 0 Å². The molecule has 1 aromatic carbocycles. The zero-order valence-electron chi connectivity index (χ0n) is 11.1. The van der Waals surface area contributed by atoms with Crippen molar-refractivity contribution in [2.24, 2.45) is 5.84 Å². The molecule has 0 bridgehead atoms. The van der Waals surface area contributed by atoms with Crippen LogP contribution in [0.1, 0.15) is 28.4 Å². The van der Waals surface area contributed by atoms with Crippen LogP contribution in [0.15, 0.2) is 36.5 Å². The number of nitrogens with two attached hydrogens (primary N) is 1. The third-order valence-corrected chi connectivity index (χ3v) is 3.07. The molecule has 21 heavy (non-hydrogen) atoms. The van der Waals surface area contributed by atoms with Gasteiger partial charge in [-0.25, -0.2) is 9.82 Å². The van der Waals surface area contributed by atoms with Gasteiger partial charge in [-0.1, -0.05) is 6.07 Å². The maximum atomic E-state index is 13.9. The molecule has 0 aliphatic heterocycles. The summed E-state index contributed by atoms with van der Waals surface area (Å²) in [6.07, 6.45) is -3.10. The van der Waals surface area contributed by atoms with E-state index in [0.29, 0.717) is 11.6 Å². The van der Waals surface area contributed by atoms with Gasteiger partial charge in [0, 0.05) is 17.5 Å². The summed E-state index contributed by atoms with van der Waals surface area (Å²) >= 11 is 0. The predicted octanol–water partition coefficient (Wildman–Crippen LogP) is 3.10. The van der Waals surface area contributed by atoms with Crippen molar-refractivity contribution in [1.29, 1.82) is 0 Å². The van der Waals surface area contributed by atoms with Crippen molar-refractivity contribution in [3.63, 3.8) is 0 Å². The van der Waals surface area contributed by atoms with Crippen LogP contribution in [0.2, 0.25) is 0 Å². The topological polar surface area (TPSA) is 50.9 Å². The number of aryl methyl sites for hydroxylation is 1. The molecular weight excluding hydrogens is 286 g/mol. The summed E-state index contributed by atoms with van der Waals surface area (Å²) in [5, 5.41) is 0. The van der Waals surface area contributed by atoms with Gasteiger partial charge >= 0.3 is 6.18 Å². The SMILES string of the molecule is Cc1ccc(C(NN)c2cc(C(F)(F)F)ccc2F)cn1. The highest BCUT2D eigenvalue weighted by Gasteiger charge is 2.32. The largest absolute Gasteiger partial charge is 0.416 e. The molecule has 0 spiro atoms. The molecule has 3 nitrogen and oxygen atoms in total. The second kappa shape index (κ2) is 5.79. The number of hydrazine groups is 1. The second-order valence-electron chi connectivity index (χ2n) is 4.57. The maximum Gasteiger partial charge on any atom is 0.416 e. The lowest BCUT2D eigenvalue weighted by Crippen LogP contribution is -2.30. The second-order valence-corrected chi connectivity index (χ2v) is 4.57. The number of hydrogen-bond donors (Lipinski definition) is 2. The van der Waals surface area contributed by atoms with Crippen LogP contribution in [0.3, 0.4) is 0 Å². The summed E-state index contributed by atoms with van der Waals surface area (Å²) in [5.74, 6) is 4.61. The fourth-order valence-corrected chi connectivity index (χ4v) is 1.96.